The first-order chi connectivity index (χ1) is 8.11. The molecule has 1 aromatic rings. The van der Waals surface area contributed by atoms with Crippen LogP contribution in [0.4, 0.5) is 0 Å². The number of nitrogens with zero attached hydrogens (tertiary/aromatic N) is 2. The molecule has 0 aromatic carbocycles. The molecular weight excluding hydrogens is 284 g/mol. The van der Waals surface area contributed by atoms with E-state index >= 15 is 0 Å². The fourth-order valence-corrected chi connectivity index (χ4v) is 2.14. The highest BCUT2D eigenvalue weighted by atomic mass is 79.9. The van der Waals surface area contributed by atoms with Crippen LogP contribution in [0.25, 0.3) is 0 Å². The third-order valence-corrected chi connectivity index (χ3v) is 3.47. The van der Waals surface area contributed by atoms with Gasteiger partial charge < -0.3 is 0 Å². The average Bonchev–Trinajstić information content (AvgIpc) is 2.71. The van der Waals surface area contributed by atoms with Crippen LogP contribution in [-0.4, -0.2) is 28.2 Å². The van der Waals surface area contributed by atoms with E-state index in [-0.39, 0.29) is 11.8 Å². The highest BCUT2D eigenvalue weighted by Gasteiger charge is 2.33. The van der Waals surface area contributed by atoms with Gasteiger partial charge in [-0.1, -0.05) is 13.3 Å². The average molecular weight is 297 g/mol. The smallest absolute Gasteiger partial charge is 0.262 e. The highest BCUT2D eigenvalue weighted by Crippen LogP contribution is 2.22. The molecule has 90 valence electrons. The van der Waals surface area contributed by atoms with Crippen LogP contribution in [-0.2, 0) is 4.79 Å². The molecule has 4 nitrogen and oxygen atoms in total. The van der Waals surface area contributed by atoms with Gasteiger partial charge in [0.1, 0.15) is 4.60 Å². The summed E-state index contributed by atoms with van der Waals surface area (Å²) in [6.45, 7) is 2.57. The lowest BCUT2D eigenvalue weighted by Gasteiger charge is -2.14. The van der Waals surface area contributed by atoms with Gasteiger partial charge in [-0.25, -0.2) is 4.98 Å². The van der Waals surface area contributed by atoms with E-state index in [9.17, 15) is 9.59 Å². The van der Waals surface area contributed by atoms with Gasteiger partial charge in [0.05, 0.1) is 5.56 Å². The van der Waals surface area contributed by atoms with Gasteiger partial charge >= 0.3 is 0 Å². The summed E-state index contributed by atoms with van der Waals surface area (Å²) < 4.78 is 0.674. The number of rotatable bonds is 2. The van der Waals surface area contributed by atoms with Crippen molar-refractivity contribution in [2.45, 2.75) is 19.8 Å². The van der Waals surface area contributed by atoms with Crippen molar-refractivity contribution in [3.63, 3.8) is 0 Å². The van der Waals surface area contributed by atoms with Gasteiger partial charge in [0, 0.05) is 19.2 Å². The molecule has 0 bridgehead atoms. The van der Waals surface area contributed by atoms with Crippen LogP contribution in [0.2, 0.25) is 0 Å². The molecule has 1 aliphatic heterocycles. The van der Waals surface area contributed by atoms with Crippen molar-refractivity contribution < 1.29 is 9.59 Å². The molecule has 0 aliphatic carbocycles. The van der Waals surface area contributed by atoms with E-state index in [1.807, 2.05) is 6.92 Å². The number of likely N-dealkylation sites (tertiary alicyclic amines) is 1. The van der Waals surface area contributed by atoms with E-state index in [0.29, 0.717) is 29.1 Å². The number of pyridine rings is 1. The van der Waals surface area contributed by atoms with Crippen molar-refractivity contribution in [1.82, 2.24) is 9.88 Å². The Bertz CT molecular complexity index is 444. The molecule has 2 rings (SSSR count). The second-order valence-electron chi connectivity index (χ2n) is 4.16. The van der Waals surface area contributed by atoms with Gasteiger partial charge in [-0.2, -0.15) is 0 Å². The Hall–Kier alpha value is -1.23. The van der Waals surface area contributed by atoms with Gasteiger partial charge in [-0.3, -0.25) is 14.5 Å². The van der Waals surface area contributed by atoms with Crippen LogP contribution in [0, 0.1) is 5.92 Å². The number of imide groups is 1. The number of halogens is 1. The largest absolute Gasteiger partial charge is 0.278 e. The third-order valence-electron chi connectivity index (χ3n) is 3.00. The second kappa shape index (κ2) is 4.96. The second-order valence-corrected chi connectivity index (χ2v) is 4.97. The molecule has 0 N–H and O–H groups in total. The Balaban J connectivity index is 2.15. The first kappa shape index (κ1) is 12.2. The Morgan fingerprint density at radius 3 is 2.88 bits per heavy atom. The summed E-state index contributed by atoms with van der Waals surface area (Å²) in [5.41, 5.74) is 0.457. The molecule has 1 aromatic heterocycles. The zero-order valence-corrected chi connectivity index (χ0v) is 11.1. The normalized spacial score (nSPS) is 19.8. The summed E-state index contributed by atoms with van der Waals surface area (Å²) in [5, 5.41) is 0. The molecule has 0 saturated carbocycles. The molecular formula is C12H13BrN2O2. The van der Waals surface area contributed by atoms with Crippen LogP contribution in [0.1, 0.15) is 30.1 Å². The third kappa shape index (κ3) is 2.54. The lowest BCUT2D eigenvalue weighted by atomic mass is 10.1. The van der Waals surface area contributed by atoms with E-state index in [1.165, 1.54) is 11.1 Å². The number of carbonyl (C=O) groups is 2. The molecule has 17 heavy (non-hydrogen) atoms. The van der Waals surface area contributed by atoms with Crippen LogP contribution < -0.4 is 0 Å². The maximum Gasteiger partial charge on any atom is 0.262 e. The lowest BCUT2D eigenvalue weighted by Crippen LogP contribution is -2.32. The summed E-state index contributed by atoms with van der Waals surface area (Å²) in [4.78, 5) is 29.1. The van der Waals surface area contributed by atoms with E-state index in [2.05, 4.69) is 20.9 Å². The van der Waals surface area contributed by atoms with Gasteiger partial charge in [0.25, 0.3) is 5.91 Å². The number of aromatic nitrogens is 1. The predicted molar refractivity (Wildman–Crippen MR) is 66.4 cm³/mol. The molecule has 1 aliphatic rings. The Morgan fingerprint density at radius 2 is 2.35 bits per heavy atom. The Kier molecular flexibility index (Phi) is 3.57. The molecule has 2 amide bonds. The van der Waals surface area contributed by atoms with Crippen LogP contribution in [0.3, 0.4) is 0 Å². The highest BCUT2D eigenvalue weighted by molar-refractivity contribution is 9.10. The predicted octanol–water partition coefficient (Wildman–Crippen LogP) is 2.24. The van der Waals surface area contributed by atoms with E-state index < -0.39 is 0 Å². The molecule has 0 spiro atoms. The zero-order chi connectivity index (χ0) is 12.4. The lowest BCUT2D eigenvalue weighted by molar-refractivity contribution is -0.125. The minimum atomic E-state index is -0.244. The minimum absolute atomic E-state index is 0.0789. The van der Waals surface area contributed by atoms with E-state index in [1.54, 1.807) is 12.1 Å². The van der Waals surface area contributed by atoms with Crippen molar-refractivity contribution in [1.29, 1.82) is 0 Å². The van der Waals surface area contributed by atoms with Crippen LogP contribution >= 0.6 is 15.9 Å². The number of hydrogen-bond acceptors (Lipinski definition) is 3. The van der Waals surface area contributed by atoms with Crippen molar-refractivity contribution in [2.75, 3.05) is 6.54 Å². The summed E-state index contributed by atoms with van der Waals surface area (Å²) in [6.07, 6.45) is 2.89. The minimum Gasteiger partial charge on any atom is -0.278 e. The summed E-state index contributed by atoms with van der Waals surface area (Å²) in [6, 6.07) is 3.37. The maximum absolute atomic E-state index is 12.1. The van der Waals surface area contributed by atoms with Crippen molar-refractivity contribution >= 4 is 27.7 Å². The molecule has 0 radical (unpaired) electrons. The first-order valence-corrected chi connectivity index (χ1v) is 6.37. The zero-order valence-electron chi connectivity index (χ0n) is 9.52. The number of hydrogen-bond donors (Lipinski definition) is 0. The molecule has 1 fully saturated rings. The van der Waals surface area contributed by atoms with E-state index in [4.69, 9.17) is 0 Å². The summed E-state index contributed by atoms with van der Waals surface area (Å²) in [5.74, 6) is -0.0226. The van der Waals surface area contributed by atoms with Crippen molar-refractivity contribution in [2.24, 2.45) is 5.92 Å². The SMILES string of the molecule is CCC1CC(=O)N(C(=O)c2ccc(Br)nc2)C1. The summed E-state index contributed by atoms with van der Waals surface area (Å²) >= 11 is 3.21. The van der Waals surface area contributed by atoms with Gasteiger partial charge in [0.2, 0.25) is 5.91 Å². The maximum atomic E-state index is 12.1. The molecule has 5 heteroatoms. The molecule has 1 atom stereocenters. The molecule has 2 heterocycles. The van der Waals surface area contributed by atoms with Gasteiger partial charge in [-0.05, 0) is 34.0 Å². The van der Waals surface area contributed by atoms with Gasteiger partial charge in [-0.15, -0.1) is 0 Å². The first-order valence-electron chi connectivity index (χ1n) is 5.58. The van der Waals surface area contributed by atoms with Gasteiger partial charge in [0.15, 0.2) is 0 Å². The van der Waals surface area contributed by atoms with Crippen molar-refractivity contribution in [3.8, 4) is 0 Å². The summed E-state index contributed by atoms with van der Waals surface area (Å²) in [7, 11) is 0. The molecule has 1 unspecified atom stereocenters. The fourth-order valence-electron chi connectivity index (χ4n) is 1.91. The van der Waals surface area contributed by atoms with Crippen molar-refractivity contribution in [3.05, 3.63) is 28.5 Å². The number of carbonyl (C=O) groups excluding carboxylic acids is 2. The Morgan fingerprint density at radius 1 is 1.59 bits per heavy atom. The van der Waals surface area contributed by atoms with Crippen LogP contribution in [0.5, 0.6) is 0 Å². The Labute approximate surface area is 108 Å². The van der Waals surface area contributed by atoms with E-state index in [0.717, 1.165) is 6.42 Å². The van der Waals surface area contributed by atoms with Crippen LogP contribution in [0.15, 0.2) is 22.9 Å². The fraction of sp³-hybridized carbons (Fsp3) is 0.417. The quantitative estimate of drug-likeness (QED) is 0.621. The molecule has 1 saturated heterocycles. The monoisotopic (exact) mass is 296 g/mol. The standard InChI is InChI=1S/C12H13BrN2O2/c1-2-8-5-11(16)15(7-8)12(17)9-3-4-10(13)14-6-9/h3-4,6,8H,2,5,7H2,1H3. The number of amides is 2. The topological polar surface area (TPSA) is 50.3 Å².